The standard InChI is InChI=1S/C11H15FN2O3S/c12-9-4-3-7-13-10(9)18(16,17)14-11(8-15)5-1-2-6-11/h3-4,7,14-15H,1-2,5-6,8H2. The van der Waals surface area contributed by atoms with Gasteiger partial charge in [-0.15, -0.1) is 0 Å². The maximum absolute atomic E-state index is 13.4. The maximum Gasteiger partial charge on any atom is 0.261 e. The molecular weight excluding hydrogens is 259 g/mol. The van der Waals surface area contributed by atoms with Crippen molar-refractivity contribution >= 4 is 10.0 Å². The molecule has 0 radical (unpaired) electrons. The molecule has 7 heteroatoms. The second kappa shape index (κ2) is 4.91. The van der Waals surface area contributed by atoms with Gasteiger partial charge in [-0.1, -0.05) is 12.8 Å². The quantitative estimate of drug-likeness (QED) is 0.851. The molecule has 0 spiro atoms. The summed E-state index contributed by atoms with van der Waals surface area (Å²) >= 11 is 0. The first-order chi connectivity index (χ1) is 8.49. The van der Waals surface area contributed by atoms with Crippen LogP contribution in [0.3, 0.4) is 0 Å². The van der Waals surface area contributed by atoms with Gasteiger partial charge in [-0.05, 0) is 25.0 Å². The molecule has 0 aliphatic heterocycles. The predicted octanol–water partition coefficient (Wildman–Crippen LogP) is 0.804. The number of halogens is 1. The minimum atomic E-state index is -4.04. The van der Waals surface area contributed by atoms with Gasteiger partial charge < -0.3 is 5.11 Å². The zero-order valence-electron chi connectivity index (χ0n) is 9.76. The van der Waals surface area contributed by atoms with Crippen LogP contribution in [0.5, 0.6) is 0 Å². The molecule has 0 aromatic carbocycles. The van der Waals surface area contributed by atoms with Gasteiger partial charge in [0.1, 0.15) is 0 Å². The molecule has 0 bridgehead atoms. The van der Waals surface area contributed by atoms with Gasteiger partial charge >= 0.3 is 0 Å². The Morgan fingerprint density at radius 1 is 1.44 bits per heavy atom. The van der Waals surface area contributed by atoms with Crippen LogP contribution >= 0.6 is 0 Å². The molecular formula is C11H15FN2O3S. The van der Waals surface area contributed by atoms with E-state index in [1.807, 2.05) is 0 Å². The second-order valence-electron chi connectivity index (χ2n) is 4.54. The van der Waals surface area contributed by atoms with E-state index in [1.165, 1.54) is 12.3 Å². The van der Waals surface area contributed by atoms with Crippen LogP contribution in [0.2, 0.25) is 0 Å². The molecule has 18 heavy (non-hydrogen) atoms. The van der Waals surface area contributed by atoms with Crippen LogP contribution in [-0.4, -0.2) is 30.7 Å². The highest BCUT2D eigenvalue weighted by molar-refractivity contribution is 7.89. The highest BCUT2D eigenvalue weighted by atomic mass is 32.2. The Morgan fingerprint density at radius 3 is 2.67 bits per heavy atom. The van der Waals surface area contributed by atoms with E-state index in [0.717, 1.165) is 18.9 Å². The molecule has 0 amide bonds. The monoisotopic (exact) mass is 274 g/mol. The Balaban J connectivity index is 2.30. The lowest BCUT2D eigenvalue weighted by Gasteiger charge is -2.27. The van der Waals surface area contributed by atoms with Crippen molar-refractivity contribution in [3.8, 4) is 0 Å². The molecule has 5 nitrogen and oxygen atoms in total. The molecule has 1 heterocycles. The number of aliphatic hydroxyl groups is 1. The van der Waals surface area contributed by atoms with Crippen molar-refractivity contribution in [2.45, 2.75) is 36.2 Å². The summed E-state index contributed by atoms with van der Waals surface area (Å²) in [5.74, 6) is -0.893. The van der Waals surface area contributed by atoms with Crippen LogP contribution in [-0.2, 0) is 10.0 Å². The molecule has 1 aliphatic carbocycles. The molecule has 0 saturated heterocycles. The number of pyridine rings is 1. The van der Waals surface area contributed by atoms with E-state index in [1.54, 1.807) is 0 Å². The summed E-state index contributed by atoms with van der Waals surface area (Å²) in [5, 5.41) is 8.73. The summed E-state index contributed by atoms with van der Waals surface area (Å²) < 4.78 is 39.9. The molecule has 2 rings (SSSR count). The van der Waals surface area contributed by atoms with E-state index in [-0.39, 0.29) is 6.61 Å². The largest absolute Gasteiger partial charge is 0.394 e. The Labute approximate surface area is 105 Å². The lowest BCUT2D eigenvalue weighted by atomic mass is 10.0. The van der Waals surface area contributed by atoms with Crippen LogP contribution in [0, 0.1) is 5.82 Å². The average molecular weight is 274 g/mol. The third-order valence-electron chi connectivity index (χ3n) is 3.19. The fourth-order valence-corrected chi connectivity index (χ4v) is 3.71. The van der Waals surface area contributed by atoms with Gasteiger partial charge in [-0.3, -0.25) is 0 Å². The maximum atomic E-state index is 13.4. The lowest BCUT2D eigenvalue weighted by molar-refractivity contribution is 0.185. The Morgan fingerprint density at radius 2 is 2.11 bits per heavy atom. The van der Waals surface area contributed by atoms with E-state index in [9.17, 15) is 17.9 Å². The zero-order valence-corrected chi connectivity index (χ0v) is 10.6. The summed E-state index contributed by atoms with van der Waals surface area (Å²) in [6, 6.07) is 2.37. The van der Waals surface area contributed by atoms with Gasteiger partial charge in [0.25, 0.3) is 10.0 Å². The van der Waals surface area contributed by atoms with Gasteiger partial charge in [0.15, 0.2) is 5.82 Å². The summed E-state index contributed by atoms with van der Waals surface area (Å²) in [6.07, 6.45) is 4.01. The SMILES string of the molecule is O=S(=O)(NC1(CO)CCCC1)c1ncccc1F. The summed E-state index contributed by atoms with van der Waals surface area (Å²) in [7, 11) is -4.04. The normalized spacial score (nSPS) is 19.0. The van der Waals surface area contributed by atoms with Crippen molar-refractivity contribution in [1.82, 2.24) is 9.71 Å². The van der Waals surface area contributed by atoms with E-state index in [4.69, 9.17) is 0 Å². The van der Waals surface area contributed by atoms with E-state index < -0.39 is 26.4 Å². The highest BCUT2D eigenvalue weighted by Gasteiger charge is 2.38. The fraction of sp³-hybridized carbons (Fsp3) is 0.545. The minimum absolute atomic E-state index is 0.291. The van der Waals surface area contributed by atoms with Gasteiger partial charge in [0.2, 0.25) is 5.03 Å². The lowest BCUT2D eigenvalue weighted by Crippen LogP contribution is -2.49. The number of aromatic nitrogens is 1. The van der Waals surface area contributed by atoms with Crippen molar-refractivity contribution in [3.05, 3.63) is 24.1 Å². The van der Waals surface area contributed by atoms with Gasteiger partial charge in [0.05, 0.1) is 12.1 Å². The van der Waals surface area contributed by atoms with Gasteiger partial charge in [0, 0.05) is 6.20 Å². The summed E-state index contributed by atoms with van der Waals surface area (Å²) in [6.45, 7) is -0.291. The van der Waals surface area contributed by atoms with Crippen LogP contribution in [0.1, 0.15) is 25.7 Å². The smallest absolute Gasteiger partial charge is 0.261 e. The highest BCUT2D eigenvalue weighted by Crippen LogP contribution is 2.30. The van der Waals surface area contributed by atoms with Crippen LogP contribution < -0.4 is 4.72 Å². The molecule has 1 aliphatic rings. The van der Waals surface area contributed by atoms with Crippen molar-refractivity contribution in [2.75, 3.05) is 6.61 Å². The number of nitrogens with zero attached hydrogens (tertiary/aromatic N) is 1. The third-order valence-corrected chi connectivity index (χ3v) is 4.70. The van der Waals surface area contributed by atoms with E-state index >= 15 is 0 Å². The molecule has 0 unspecified atom stereocenters. The number of nitrogens with one attached hydrogen (secondary N) is 1. The van der Waals surface area contributed by atoms with Crippen LogP contribution in [0.25, 0.3) is 0 Å². The average Bonchev–Trinajstić information content (AvgIpc) is 2.78. The first-order valence-corrected chi connectivity index (χ1v) is 7.23. The summed E-state index contributed by atoms with van der Waals surface area (Å²) in [5.41, 5.74) is -0.872. The Hall–Kier alpha value is -1.05. The Kier molecular flexibility index (Phi) is 3.65. The van der Waals surface area contributed by atoms with E-state index in [2.05, 4.69) is 9.71 Å². The number of hydrogen-bond donors (Lipinski definition) is 2. The third kappa shape index (κ3) is 2.52. The predicted molar refractivity (Wildman–Crippen MR) is 62.8 cm³/mol. The first-order valence-electron chi connectivity index (χ1n) is 5.74. The molecule has 1 aromatic heterocycles. The molecule has 1 aromatic rings. The molecule has 1 saturated carbocycles. The minimum Gasteiger partial charge on any atom is -0.394 e. The molecule has 0 atom stereocenters. The van der Waals surface area contributed by atoms with Gasteiger partial charge in [-0.2, -0.15) is 0 Å². The van der Waals surface area contributed by atoms with E-state index in [0.29, 0.717) is 12.8 Å². The molecule has 1 fully saturated rings. The first kappa shape index (κ1) is 13.4. The number of aliphatic hydroxyl groups excluding tert-OH is 1. The number of sulfonamides is 1. The Bertz CT molecular complexity index is 527. The topological polar surface area (TPSA) is 79.3 Å². The van der Waals surface area contributed by atoms with Crippen LogP contribution in [0.4, 0.5) is 4.39 Å². The van der Waals surface area contributed by atoms with Crippen molar-refractivity contribution < 1.29 is 17.9 Å². The molecule has 2 N–H and O–H groups in total. The van der Waals surface area contributed by atoms with Crippen molar-refractivity contribution in [2.24, 2.45) is 0 Å². The second-order valence-corrected chi connectivity index (χ2v) is 6.14. The van der Waals surface area contributed by atoms with Crippen molar-refractivity contribution in [1.29, 1.82) is 0 Å². The zero-order chi connectivity index (χ0) is 13.2. The van der Waals surface area contributed by atoms with Crippen LogP contribution in [0.15, 0.2) is 23.4 Å². The number of hydrogen-bond acceptors (Lipinski definition) is 4. The number of rotatable bonds is 4. The van der Waals surface area contributed by atoms with Crippen molar-refractivity contribution in [3.63, 3.8) is 0 Å². The van der Waals surface area contributed by atoms with Gasteiger partial charge in [-0.25, -0.2) is 22.5 Å². The molecule has 100 valence electrons. The summed E-state index contributed by atoms with van der Waals surface area (Å²) in [4.78, 5) is 3.55. The fourth-order valence-electron chi connectivity index (χ4n) is 2.25.